The van der Waals surface area contributed by atoms with Crippen LogP contribution in [0.3, 0.4) is 0 Å². The van der Waals surface area contributed by atoms with Crippen LogP contribution in [0.4, 0.5) is 0 Å². The van der Waals surface area contributed by atoms with Crippen molar-refractivity contribution in [1.29, 1.82) is 0 Å². The minimum Gasteiger partial charge on any atom is -0.469 e. The number of carbonyl (C=O) groups is 1. The van der Waals surface area contributed by atoms with E-state index in [4.69, 9.17) is 4.42 Å². The maximum atomic E-state index is 13.2. The molecule has 1 atom stereocenters. The molecule has 6 nitrogen and oxygen atoms in total. The molecule has 0 aliphatic heterocycles. The van der Waals surface area contributed by atoms with Gasteiger partial charge < -0.3 is 14.8 Å². The summed E-state index contributed by atoms with van der Waals surface area (Å²) < 4.78 is 6.90. The molecule has 0 saturated carbocycles. The number of furan rings is 1. The summed E-state index contributed by atoms with van der Waals surface area (Å²) in [5.74, 6) is 0.139. The van der Waals surface area contributed by atoms with Crippen LogP contribution in [-0.2, 0) is 19.3 Å². The molecule has 2 aromatic heterocycles. The van der Waals surface area contributed by atoms with E-state index in [0.29, 0.717) is 12.0 Å². The zero-order chi connectivity index (χ0) is 21.1. The average Bonchev–Trinajstić information content (AvgIpc) is 3.43. The van der Waals surface area contributed by atoms with Crippen LogP contribution in [0.5, 0.6) is 0 Å². The Bertz CT molecular complexity index is 1100. The lowest BCUT2D eigenvalue weighted by atomic mass is 10.0. The molecule has 6 heteroatoms. The van der Waals surface area contributed by atoms with Gasteiger partial charge in [0, 0.05) is 31.7 Å². The van der Waals surface area contributed by atoms with Crippen molar-refractivity contribution in [3.8, 4) is 5.69 Å². The topological polar surface area (TPSA) is 84.5 Å². The fraction of sp³-hybridized carbons (Fsp3) is 0.333. The number of amides is 1. The zero-order valence-corrected chi connectivity index (χ0v) is 17.1. The number of hydrogen-bond donors (Lipinski definition) is 2. The second-order valence-electron chi connectivity index (χ2n) is 7.86. The predicted molar refractivity (Wildman–Crippen MR) is 114 cm³/mol. The van der Waals surface area contributed by atoms with Crippen molar-refractivity contribution >= 4 is 5.91 Å². The van der Waals surface area contributed by atoms with Gasteiger partial charge in [0.1, 0.15) is 11.3 Å². The van der Waals surface area contributed by atoms with E-state index < -0.39 is 5.91 Å². The molecule has 2 N–H and O–H groups in total. The summed E-state index contributed by atoms with van der Waals surface area (Å²) in [7, 11) is 0. The van der Waals surface area contributed by atoms with E-state index in [-0.39, 0.29) is 30.2 Å². The van der Waals surface area contributed by atoms with E-state index >= 15 is 0 Å². The summed E-state index contributed by atoms with van der Waals surface area (Å²) >= 11 is 0. The van der Waals surface area contributed by atoms with Crippen LogP contribution in [-0.4, -0.2) is 28.7 Å². The Labute approximate surface area is 175 Å². The van der Waals surface area contributed by atoms with Gasteiger partial charge in [-0.3, -0.25) is 14.2 Å². The van der Waals surface area contributed by atoms with Gasteiger partial charge in [0.05, 0.1) is 12.0 Å². The summed E-state index contributed by atoms with van der Waals surface area (Å²) in [5, 5.41) is 12.5. The van der Waals surface area contributed by atoms with Gasteiger partial charge >= 0.3 is 0 Å². The van der Waals surface area contributed by atoms with E-state index in [1.807, 2.05) is 18.2 Å². The molecule has 30 heavy (non-hydrogen) atoms. The van der Waals surface area contributed by atoms with E-state index in [1.165, 1.54) is 11.1 Å². The van der Waals surface area contributed by atoms with Gasteiger partial charge in [-0.05, 0) is 67.1 Å². The fourth-order valence-electron chi connectivity index (χ4n) is 4.16. The van der Waals surface area contributed by atoms with Crippen molar-refractivity contribution in [2.24, 2.45) is 5.92 Å². The largest absolute Gasteiger partial charge is 0.469 e. The van der Waals surface area contributed by atoms with Gasteiger partial charge in [0.15, 0.2) is 0 Å². The number of fused-ring (bicyclic) bond motifs is 1. The maximum Gasteiger partial charge on any atom is 0.268 e. The monoisotopic (exact) mass is 406 g/mol. The van der Waals surface area contributed by atoms with Crippen molar-refractivity contribution in [2.75, 3.05) is 13.2 Å². The lowest BCUT2D eigenvalue weighted by molar-refractivity contribution is 0.0936. The molecular formula is C24H26N2O4. The standard InChI is InChI=1S/C24H26N2O4/c1-16-10-11-26(21-9-3-6-18-5-2-8-20(18)21)24(29)22(16)23(28)25-14-17(15-27)13-19-7-4-12-30-19/h3-4,6-7,9-12,17,27H,2,5,8,13-15H2,1H3,(H,25,28). The summed E-state index contributed by atoms with van der Waals surface area (Å²) in [6.07, 6.45) is 6.89. The SMILES string of the molecule is Cc1ccn(-c2cccc3c2CCC3)c(=O)c1C(=O)NCC(CO)Cc1ccco1. The normalized spacial score (nSPS) is 13.8. The summed E-state index contributed by atoms with van der Waals surface area (Å²) in [6, 6.07) is 11.4. The number of aliphatic hydroxyl groups excluding tert-OH is 1. The Kier molecular flexibility index (Phi) is 5.86. The highest BCUT2D eigenvalue weighted by Gasteiger charge is 2.21. The first-order valence-corrected chi connectivity index (χ1v) is 10.3. The molecule has 0 spiro atoms. The highest BCUT2D eigenvalue weighted by atomic mass is 16.3. The molecule has 4 rings (SSSR count). The van der Waals surface area contributed by atoms with Gasteiger partial charge in [-0.2, -0.15) is 0 Å². The smallest absolute Gasteiger partial charge is 0.268 e. The third-order valence-corrected chi connectivity index (χ3v) is 5.79. The van der Waals surface area contributed by atoms with Crippen molar-refractivity contribution in [2.45, 2.75) is 32.6 Å². The Morgan fingerprint density at radius 1 is 1.23 bits per heavy atom. The number of aryl methyl sites for hydroxylation is 2. The predicted octanol–water partition coefficient (Wildman–Crippen LogP) is 2.81. The Balaban J connectivity index is 1.57. The quantitative estimate of drug-likeness (QED) is 0.632. The molecule has 3 aromatic rings. The van der Waals surface area contributed by atoms with Crippen molar-refractivity contribution < 1.29 is 14.3 Å². The van der Waals surface area contributed by atoms with E-state index in [1.54, 1.807) is 36.1 Å². The number of aromatic nitrogens is 1. The van der Waals surface area contributed by atoms with Gasteiger partial charge in [0.25, 0.3) is 11.5 Å². The molecule has 1 aliphatic rings. The molecule has 1 aromatic carbocycles. The lowest BCUT2D eigenvalue weighted by Gasteiger charge is -2.16. The van der Waals surface area contributed by atoms with E-state index in [0.717, 1.165) is 30.7 Å². The highest BCUT2D eigenvalue weighted by Crippen LogP contribution is 2.27. The number of carbonyl (C=O) groups excluding carboxylic acids is 1. The Morgan fingerprint density at radius 3 is 2.87 bits per heavy atom. The molecule has 0 fully saturated rings. The first kappa shape index (κ1) is 20.2. The number of hydrogen-bond acceptors (Lipinski definition) is 4. The molecule has 0 saturated heterocycles. The van der Waals surface area contributed by atoms with Gasteiger partial charge in [-0.15, -0.1) is 0 Å². The van der Waals surface area contributed by atoms with Crippen molar-refractivity contribution in [3.63, 3.8) is 0 Å². The van der Waals surface area contributed by atoms with Crippen LogP contribution < -0.4 is 10.9 Å². The van der Waals surface area contributed by atoms with Gasteiger partial charge in [0.2, 0.25) is 0 Å². The minimum absolute atomic E-state index is 0.0882. The molecule has 1 aliphatic carbocycles. The van der Waals surface area contributed by atoms with Gasteiger partial charge in [-0.1, -0.05) is 12.1 Å². The second kappa shape index (κ2) is 8.71. The van der Waals surface area contributed by atoms with Crippen LogP contribution in [0.1, 0.15) is 39.2 Å². The molecule has 0 bridgehead atoms. The lowest BCUT2D eigenvalue weighted by Crippen LogP contribution is -2.37. The van der Waals surface area contributed by atoms with Gasteiger partial charge in [-0.25, -0.2) is 0 Å². The second-order valence-corrected chi connectivity index (χ2v) is 7.86. The van der Waals surface area contributed by atoms with Crippen molar-refractivity contribution in [1.82, 2.24) is 9.88 Å². The molecule has 1 amide bonds. The molecule has 2 heterocycles. The third kappa shape index (κ3) is 3.96. The number of pyridine rings is 1. The fourth-order valence-corrected chi connectivity index (χ4v) is 4.16. The Hall–Kier alpha value is -3.12. The first-order chi connectivity index (χ1) is 14.6. The third-order valence-electron chi connectivity index (χ3n) is 5.79. The van der Waals surface area contributed by atoms with Crippen LogP contribution in [0.2, 0.25) is 0 Å². The molecule has 156 valence electrons. The summed E-state index contributed by atoms with van der Waals surface area (Å²) in [5.41, 5.74) is 3.77. The average molecular weight is 406 g/mol. The zero-order valence-electron chi connectivity index (χ0n) is 17.1. The van der Waals surface area contributed by atoms with E-state index in [9.17, 15) is 14.7 Å². The van der Waals surface area contributed by atoms with Crippen LogP contribution in [0, 0.1) is 12.8 Å². The van der Waals surface area contributed by atoms with Crippen LogP contribution in [0.15, 0.2) is 58.1 Å². The molecule has 1 unspecified atom stereocenters. The minimum atomic E-state index is -0.419. The van der Waals surface area contributed by atoms with Crippen LogP contribution in [0.25, 0.3) is 5.69 Å². The number of aliphatic hydroxyl groups is 1. The van der Waals surface area contributed by atoms with Crippen LogP contribution >= 0.6 is 0 Å². The van der Waals surface area contributed by atoms with Crippen molar-refractivity contribution in [3.05, 3.63) is 87.2 Å². The van der Waals surface area contributed by atoms with E-state index in [2.05, 4.69) is 11.4 Å². The molecule has 0 radical (unpaired) electrons. The maximum absolute atomic E-state index is 13.2. The number of nitrogens with one attached hydrogen (secondary N) is 1. The summed E-state index contributed by atoms with van der Waals surface area (Å²) in [6.45, 7) is 1.93. The highest BCUT2D eigenvalue weighted by molar-refractivity contribution is 5.95. The first-order valence-electron chi connectivity index (χ1n) is 10.3. The number of rotatable bonds is 7. The number of benzene rings is 1. The molecular weight excluding hydrogens is 380 g/mol. The Morgan fingerprint density at radius 2 is 2.10 bits per heavy atom. The summed E-state index contributed by atoms with van der Waals surface area (Å²) in [4.78, 5) is 26.1. The number of nitrogens with zero attached hydrogens (tertiary/aromatic N) is 1.